The number of primary amides is 1. The standard InChI is InChI=1S/C14H21N3O.ClH/c1-16-8-12-6-7-17(10-12)9-11-2-4-13(5-3-11)14(15)18;/h2-5,12,16H,6-10H2,1H3,(H2,15,18);1H. The summed E-state index contributed by atoms with van der Waals surface area (Å²) in [6, 6.07) is 7.59. The molecule has 1 saturated heterocycles. The number of benzene rings is 1. The number of hydrogen-bond donors (Lipinski definition) is 2. The minimum atomic E-state index is -0.364. The van der Waals surface area contributed by atoms with Crippen LogP contribution in [-0.4, -0.2) is 37.5 Å². The summed E-state index contributed by atoms with van der Waals surface area (Å²) < 4.78 is 0. The zero-order chi connectivity index (χ0) is 13.0. The Kier molecular flexibility index (Phi) is 6.28. The SMILES string of the molecule is CNCC1CCN(Cc2ccc(C(N)=O)cc2)C1.Cl. The van der Waals surface area contributed by atoms with Crippen molar-refractivity contribution in [3.63, 3.8) is 0 Å². The molecule has 1 fully saturated rings. The highest BCUT2D eigenvalue weighted by molar-refractivity contribution is 5.92. The van der Waals surface area contributed by atoms with Crippen molar-refractivity contribution < 1.29 is 4.79 Å². The molecule has 1 aromatic rings. The normalized spacial score (nSPS) is 19.1. The Morgan fingerprint density at radius 3 is 2.68 bits per heavy atom. The summed E-state index contributed by atoms with van der Waals surface area (Å²) in [5.41, 5.74) is 7.04. The van der Waals surface area contributed by atoms with Crippen LogP contribution in [0, 0.1) is 5.92 Å². The van der Waals surface area contributed by atoms with Gasteiger partial charge in [0, 0.05) is 18.7 Å². The second-order valence-electron chi connectivity index (χ2n) is 5.01. The quantitative estimate of drug-likeness (QED) is 0.855. The first-order chi connectivity index (χ1) is 8.69. The maximum absolute atomic E-state index is 11.0. The predicted octanol–water partition coefficient (Wildman–Crippen LogP) is 1.25. The number of hydrogen-bond acceptors (Lipinski definition) is 3. The molecule has 106 valence electrons. The molecule has 1 amide bonds. The molecule has 0 aromatic heterocycles. The van der Waals surface area contributed by atoms with E-state index in [1.807, 2.05) is 19.2 Å². The first-order valence-electron chi connectivity index (χ1n) is 6.44. The molecular weight excluding hydrogens is 262 g/mol. The van der Waals surface area contributed by atoms with Crippen molar-refractivity contribution >= 4 is 18.3 Å². The van der Waals surface area contributed by atoms with Crippen molar-refractivity contribution in [2.75, 3.05) is 26.7 Å². The molecule has 0 aliphatic carbocycles. The van der Waals surface area contributed by atoms with Crippen LogP contribution in [0.25, 0.3) is 0 Å². The molecular formula is C14H22ClN3O. The summed E-state index contributed by atoms with van der Waals surface area (Å²) >= 11 is 0. The number of nitrogens with two attached hydrogens (primary N) is 1. The molecule has 1 aliphatic heterocycles. The van der Waals surface area contributed by atoms with Gasteiger partial charge in [-0.3, -0.25) is 9.69 Å². The van der Waals surface area contributed by atoms with E-state index in [-0.39, 0.29) is 18.3 Å². The highest BCUT2D eigenvalue weighted by Crippen LogP contribution is 2.18. The third kappa shape index (κ3) is 4.49. The Labute approximate surface area is 120 Å². The van der Waals surface area contributed by atoms with Crippen molar-refractivity contribution in [2.24, 2.45) is 11.7 Å². The fourth-order valence-corrected chi connectivity index (χ4v) is 2.54. The van der Waals surface area contributed by atoms with E-state index < -0.39 is 0 Å². The van der Waals surface area contributed by atoms with E-state index in [0.717, 1.165) is 32.1 Å². The van der Waals surface area contributed by atoms with E-state index in [1.54, 1.807) is 12.1 Å². The van der Waals surface area contributed by atoms with Crippen LogP contribution in [-0.2, 0) is 6.54 Å². The van der Waals surface area contributed by atoms with Gasteiger partial charge in [0.25, 0.3) is 0 Å². The number of nitrogens with zero attached hydrogens (tertiary/aromatic N) is 1. The number of rotatable bonds is 5. The fourth-order valence-electron chi connectivity index (χ4n) is 2.54. The lowest BCUT2D eigenvalue weighted by atomic mass is 10.1. The lowest BCUT2D eigenvalue weighted by Crippen LogP contribution is -2.24. The van der Waals surface area contributed by atoms with Crippen molar-refractivity contribution in [1.82, 2.24) is 10.2 Å². The molecule has 1 aromatic carbocycles. The first-order valence-corrected chi connectivity index (χ1v) is 6.44. The number of likely N-dealkylation sites (tertiary alicyclic amines) is 1. The maximum Gasteiger partial charge on any atom is 0.248 e. The fraction of sp³-hybridized carbons (Fsp3) is 0.500. The van der Waals surface area contributed by atoms with Crippen LogP contribution in [0.2, 0.25) is 0 Å². The van der Waals surface area contributed by atoms with Gasteiger partial charge in [-0.25, -0.2) is 0 Å². The number of carbonyl (C=O) groups is 1. The molecule has 0 saturated carbocycles. The molecule has 19 heavy (non-hydrogen) atoms. The minimum Gasteiger partial charge on any atom is -0.366 e. The number of halogens is 1. The van der Waals surface area contributed by atoms with Gasteiger partial charge in [0.2, 0.25) is 5.91 Å². The number of nitrogens with one attached hydrogen (secondary N) is 1. The zero-order valence-electron chi connectivity index (χ0n) is 11.3. The topological polar surface area (TPSA) is 58.4 Å². The van der Waals surface area contributed by atoms with E-state index in [4.69, 9.17) is 5.73 Å². The van der Waals surface area contributed by atoms with Gasteiger partial charge < -0.3 is 11.1 Å². The molecule has 3 N–H and O–H groups in total. The smallest absolute Gasteiger partial charge is 0.248 e. The van der Waals surface area contributed by atoms with Gasteiger partial charge in [-0.1, -0.05) is 12.1 Å². The largest absolute Gasteiger partial charge is 0.366 e. The molecule has 0 radical (unpaired) electrons. The molecule has 1 aliphatic rings. The summed E-state index contributed by atoms with van der Waals surface area (Å²) in [7, 11) is 2.01. The summed E-state index contributed by atoms with van der Waals surface area (Å²) in [5, 5.41) is 3.24. The van der Waals surface area contributed by atoms with Gasteiger partial charge in [-0.15, -0.1) is 12.4 Å². The highest BCUT2D eigenvalue weighted by Gasteiger charge is 2.21. The average molecular weight is 284 g/mol. The lowest BCUT2D eigenvalue weighted by Gasteiger charge is -2.16. The third-order valence-electron chi connectivity index (χ3n) is 3.51. The molecule has 1 heterocycles. The molecule has 5 heteroatoms. The van der Waals surface area contributed by atoms with Crippen molar-refractivity contribution in [1.29, 1.82) is 0 Å². The van der Waals surface area contributed by atoms with Gasteiger partial charge in [-0.05, 0) is 50.2 Å². The van der Waals surface area contributed by atoms with Crippen LogP contribution in [0.1, 0.15) is 22.3 Å². The molecule has 4 nitrogen and oxygen atoms in total. The van der Waals surface area contributed by atoms with Crippen LogP contribution in [0.3, 0.4) is 0 Å². The molecule has 0 bridgehead atoms. The van der Waals surface area contributed by atoms with Gasteiger partial charge in [0.15, 0.2) is 0 Å². The molecule has 0 spiro atoms. The van der Waals surface area contributed by atoms with Crippen LogP contribution < -0.4 is 11.1 Å². The summed E-state index contributed by atoms with van der Waals surface area (Å²) in [4.78, 5) is 13.4. The molecule has 1 unspecified atom stereocenters. The minimum absolute atomic E-state index is 0. The Hall–Kier alpha value is -1.10. The average Bonchev–Trinajstić information content (AvgIpc) is 2.78. The molecule has 1 atom stereocenters. The van der Waals surface area contributed by atoms with Gasteiger partial charge in [0.05, 0.1) is 0 Å². The van der Waals surface area contributed by atoms with Crippen LogP contribution in [0.15, 0.2) is 24.3 Å². The van der Waals surface area contributed by atoms with Crippen LogP contribution in [0.4, 0.5) is 0 Å². The van der Waals surface area contributed by atoms with Crippen LogP contribution >= 0.6 is 12.4 Å². The Balaban J connectivity index is 0.00000180. The summed E-state index contributed by atoms with van der Waals surface area (Å²) in [5.74, 6) is 0.400. The second-order valence-corrected chi connectivity index (χ2v) is 5.01. The van der Waals surface area contributed by atoms with Crippen molar-refractivity contribution in [2.45, 2.75) is 13.0 Å². The predicted molar refractivity (Wildman–Crippen MR) is 79.5 cm³/mol. The zero-order valence-corrected chi connectivity index (χ0v) is 12.1. The van der Waals surface area contributed by atoms with E-state index in [0.29, 0.717) is 5.56 Å². The molecule has 2 rings (SSSR count). The summed E-state index contributed by atoms with van der Waals surface area (Å²) in [6.07, 6.45) is 1.26. The monoisotopic (exact) mass is 283 g/mol. The van der Waals surface area contributed by atoms with E-state index in [2.05, 4.69) is 10.2 Å². The summed E-state index contributed by atoms with van der Waals surface area (Å²) in [6.45, 7) is 4.36. The van der Waals surface area contributed by atoms with Crippen molar-refractivity contribution in [3.8, 4) is 0 Å². The maximum atomic E-state index is 11.0. The highest BCUT2D eigenvalue weighted by atomic mass is 35.5. The Morgan fingerprint density at radius 1 is 1.42 bits per heavy atom. The van der Waals surface area contributed by atoms with E-state index in [1.165, 1.54) is 12.0 Å². The second kappa shape index (κ2) is 7.48. The van der Waals surface area contributed by atoms with Crippen LogP contribution in [0.5, 0.6) is 0 Å². The number of amides is 1. The number of carbonyl (C=O) groups excluding carboxylic acids is 1. The van der Waals surface area contributed by atoms with E-state index >= 15 is 0 Å². The lowest BCUT2D eigenvalue weighted by molar-refractivity contribution is 0.100. The van der Waals surface area contributed by atoms with Gasteiger partial charge >= 0.3 is 0 Å². The Morgan fingerprint density at radius 2 is 2.11 bits per heavy atom. The van der Waals surface area contributed by atoms with Crippen molar-refractivity contribution in [3.05, 3.63) is 35.4 Å². The van der Waals surface area contributed by atoms with E-state index in [9.17, 15) is 4.79 Å². The third-order valence-corrected chi connectivity index (χ3v) is 3.51. The van der Waals surface area contributed by atoms with Gasteiger partial charge in [0.1, 0.15) is 0 Å². The van der Waals surface area contributed by atoms with Gasteiger partial charge in [-0.2, -0.15) is 0 Å². The first kappa shape index (κ1) is 16.0. The Bertz CT molecular complexity index is 408.